The largest absolute Gasteiger partial charge is 0.357 e. The van der Waals surface area contributed by atoms with E-state index >= 15 is 0 Å². The molecule has 0 aliphatic carbocycles. The lowest BCUT2D eigenvalue weighted by Gasteiger charge is -2.34. The van der Waals surface area contributed by atoms with E-state index in [1.807, 2.05) is 37.3 Å². The van der Waals surface area contributed by atoms with Gasteiger partial charge in [-0.25, -0.2) is 8.42 Å². The van der Waals surface area contributed by atoms with Gasteiger partial charge in [0.1, 0.15) is 12.6 Å². The smallest absolute Gasteiger partial charge is 0.264 e. The zero-order valence-electron chi connectivity index (χ0n) is 23.8. The molecule has 0 aromatic heterocycles. The fourth-order valence-electron chi connectivity index (χ4n) is 4.58. The van der Waals surface area contributed by atoms with E-state index in [0.29, 0.717) is 15.6 Å². The molecule has 1 N–H and O–H groups in total. The topological polar surface area (TPSA) is 86.8 Å². The molecule has 2 amide bonds. The summed E-state index contributed by atoms with van der Waals surface area (Å²) in [6.07, 6.45) is 0.145. The molecule has 1 unspecified atom stereocenters. The number of hydrogen-bond acceptors (Lipinski definition) is 4. The number of benzene rings is 4. The van der Waals surface area contributed by atoms with Gasteiger partial charge in [0.15, 0.2) is 0 Å². The summed E-state index contributed by atoms with van der Waals surface area (Å²) in [6, 6.07) is 23.6. The van der Waals surface area contributed by atoms with Crippen LogP contribution in [0.15, 0.2) is 95.9 Å². The van der Waals surface area contributed by atoms with Crippen molar-refractivity contribution >= 4 is 73.9 Å². The predicted octanol–water partition coefficient (Wildman–Crippen LogP) is 7.19. The van der Waals surface area contributed by atoms with Crippen LogP contribution in [0.2, 0.25) is 20.1 Å². The Morgan fingerprint density at radius 3 is 2.02 bits per heavy atom. The highest BCUT2D eigenvalue weighted by atomic mass is 35.5. The van der Waals surface area contributed by atoms with Crippen molar-refractivity contribution in [2.24, 2.45) is 0 Å². The van der Waals surface area contributed by atoms with Crippen LogP contribution in [0.25, 0.3) is 0 Å². The second-order valence-electron chi connectivity index (χ2n) is 9.96. The molecule has 0 bridgehead atoms. The fourth-order valence-corrected chi connectivity index (χ4v) is 6.80. The van der Waals surface area contributed by atoms with Crippen LogP contribution in [0.4, 0.5) is 5.69 Å². The molecule has 7 nitrogen and oxygen atoms in total. The van der Waals surface area contributed by atoms with Crippen molar-refractivity contribution < 1.29 is 18.0 Å². The molecule has 0 spiro atoms. The number of sulfonamides is 1. The summed E-state index contributed by atoms with van der Waals surface area (Å²) in [6.45, 7) is 1.00. The minimum atomic E-state index is -4.30. The number of likely N-dealkylation sites (N-methyl/N-ethyl adjacent to an activating group) is 1. The third kappa shape index (κ3) is 7.86. The molecular formula is C32H29Cl4N3O4S. The van der Waals surface area contributed by atoms with Crippen LogP contribution in [-0.4, -0.2) is 44.8 Å². The second-order valence-corrected chi connectivity index (χ2v) is 13.5. The van der Waals surface area contributed by atoms with Gasteiger partial charge >= 0.3 is 0 Å². The van der Waals surface area contributed by atoms with Crippen LogP contribution in [-0.2, 0) is 32.6 Å². The van der Waals surface area contributed by atoms with E-state index in [0.717, 1.165) is 15.4 Å². The van der Waals surface area contributed by atoms with Gasteiger partial charge in [-0.15, -0.1) is 0 Å². The summed E-state index contributed by atoms with van der Waals surface area (Å²) in [7, 11) is -2.83. The number of halogens is 4. The fraction of sp³-hybridized carbons (Fsp3) is 0.188. The lowest BCUT2D eigenvalue weighted by atomic mass is 10.0. The summed E-state index contributed by atoms with van der Waals surface area (Å²) in [4.78, 5) is 29.0. The van der Waals surface area contributed by atoms with Gasteiger partial charge in [-0.05, 0) is 55.0 Å². The SMILES string of the molecule is CNC(=O)C(Cc1ccccc1)N(Cc1c(Cl)cccc1Cl)C(=O)CN(c1ccc(Cl)c(Cl)c1)S(=O)(=O)c1ccc(C)cc1. The highest BCUT2D eigenvalue weighted by Crippen LogP contribution is 2.32. The normalized spacial score (nSPS) is 12.0. The van der Waals surface area contributed by atoms with E-state index in [2.05, 4.69) is 5.32 Å². The van der Waals surface area contributed by atoms with E-state index in [9.17, 15) is 18.0 Å². The van der Waals surface area contributed by atoms with Gasteiger partial charge in [0.05, 0.1) is 20.6 Å². The van der Waals surface area contributed by atoms with Crippen LogP contribution in [0.1, 0.15) is 16.7 Å². The van der Waals surface area contributed by atoms with Crippen molar-refractivity contribution in [2.75, 3.05) is 17.9 Å². The van der Waals surface area contributed by atoms with E-state index in [4.69, 9.17) is 46.4 Å². The van der Waals surface area contributed by atoms with Crippen molar-refractivity contribution in [3.63, 3.8) is 0 Å². The molecule has 0 fully saturated rings. The van der Waals surface area contributed by atoms with E-state index < -0.39 is 34.4 Å². The average Bonchev–Trinajstić information content (AvgIpc) is 3.00. The number of rotatable bonds is 11. The van der Waals surface area contributed by atoms with Crippen molar-refractivity contribution in [3.8, 4) is 0 Å². The molecule has 0 radical (unpaired) electrons. The summed E-state index contributed by atoms with van der Waals surface area (Å²) in [5.41, 5.74) is 2.17. The van der Waals surface area contributed by atoms with Gasteiger partial charge in [-0.1, -0.05) is 100 Å². The molecule has 44 heavy (non-hydrogen) atoms. The summed E-state index contributed by atoms with van der Waals surface area (Å²) < 4.78 is 29.1. The minimum absolute atomic E-state index is 0.0326. The Kier molecular flexibility index (Phi) is 11.2. The molecule has 0 heterocycles. The lowest BCUT2D eigenvalue weighted by molar-refractivity contribution is -0.139. The first kappa shape index (κ1) is 33.6. The standard InChI is InChI=1S/C32H29Cl4N3O4S/c1-21-11-14-24(15-12-21)44(42,43)39(23-13-16-28(35)29(36)18-23)20-31(40)38(19-25-26(33)9-6-10-27(25)34)30(32(41)37-2)17-22-7-4-3-5-8-22/h3-16,18,30H,17,19-20H2,1-2H3,(H,37,41). The highest BCUT2D eigenvalue weighted by Gasteiger charge is 2.35. The summed E-state index contributed by atoms with van der Waals surface area (Å²) >= 11 is 25.4. The Morgan fingerprint density at radius 2 is 1.43 bits per heavy atom. The number of nitrogens with zero attached hydrogens (tertiary/aromatic N) is 2. The van der Waals surface area contributed by atoms with Crippen molar-refractivity contribution in [1.82, 2.24) is 10.2 Å². The van der Waals surface area contributed by atoms with Crippen molar-refractivity contribution in [3.05, 3.63) is 128 Å². The molecule has 0 saturated heterocycles. The Hall–Kier alpha value is -3.27. The van der Waals surface area contributed by atoms with Gasteiger partial charge in [0.2, 0.25) is 11.8 Å². The van der Waals surface area contributed by atoms with Crippen molar-refractivity contribution in [2.45, 2.75) is 30.8 Å². The zero-order chi connectivity index (χ0) is 32.0. The Balaban J connectivity index is 1.84. The van der Waals surface area contributed by atoms with Crippen LogP contribution in [0.3, 0.4) is 0 Å². The van der Waals surface area contributed by atoms with Gasteiger partial charge in [-0.3, -0.25) is 13.9 Å². The second kappa shape index (κ2) is 14.7. The number of hydrogen-bond donors (Lipinski definition) is 1. The number of nitrogens with one attached hydrogen (secondary N) is 1. The number of carbonyl (C=O) groups excluding carboxylic acids is 2. The number of anilines is 1. The Bertz CT molecular complexity index is 1730. The maximum atomic E-state index is 14.4. The quantitative estimate of drug-likeness (QED) is 0.180. The number of amides is 2. The Morgan fingerprint density at radius 1 is 0.795 bits per heavy atom. The maximum absolute atomic E-state index is 14.4. The first-order chi connectivity index (χ1) is 20.9. The molecule has 12 heteroatoms. The first-order valence-corrected chi connectivity index (χ1v) is 16.4. The molecule has 4 aromatic rings. The van der Waals surface area contributed by atoms with Crippen LogP contribution >= 0.6 is 46.4 Å². The molecule has 0 aliphatic rings. The zero-order valence-corrected chi connectivity index (χ0v) is 27.6. The number of aryl methyl sites for hydroxylation is 1. The third-order valence-corrected chi connectivity index (χ3v) is 10.2. The molecular weight excluding hydrogens is 664 g/mol. The van der Waals surface area contributed by atoms with Gasteiger partial charge in [0, 0.05) is 35.6 Å². The summed E-state index contributed by atoms with van der Waals surface area (Å²) in [5, 5.41) is 3.53. The van der Waals surface area contributed by atoms with E-state index in [1.54, 1.807) is 30.3 Å². The van der Waals surface area contributed by atoms with Crippen LogP contribution < -0.4 is 9.62 Å². The lowest BCUT2D eigenvalue weighted by Crippen LogP contribution is -2.53. The molecule has 4 rings (SSSR count). The average molecular weight is 693 g/mol. The first-order valence-electron chi connectivity index (χ1n) is 13.4. The monoisotopic (exact) mass is 691 g/mol. The predicted molar refractivity (Wildman–Crippen MR) is 177 cm³/mol. The summed E-state index contributed by atoms with van der Waals surface area (Å²) in [5.74, 6) is -1.12. The van der Waals surface area contributed by atoms with Crippen molar-refractivity contribution in [1.29, 1.82) is 0 Å². The van der Waals surface area contributed by atoms with Gasteiger partial charge in [-0.2, -0.15) is 0 Å². The van der Waals surface area contributed by atoms with Gasteiger partial charge in [0.25, 0.3) is 10.0 Å². The number of carbonyl (C=O) groups is 2. The third-order valence-electron chi connectivity index (χ3n) is 6.99. The Labute approximate surface area is 277 Å². The van der Waals surface area contributed by atoms with Gasteiger partial charge < -0.3 is 10.2 Å². The van der Waals surface area contributed by atoms with E-state index in [1.165, 1.54) is 42.3 Å². The van der Waals surface area contributed by atoms with Crippen LogP contribution in [0, 0.1) is 6.92 Å². The molecule has 230 valence electrons. The minimum Gasteiger partial charge on any atom is -0.357 e. The molecule has 4 aromatic carbocycles. The molecule has 1 atom stereocenters. The molecule has 0 aliphatic heterocycles. The highest BCUT2D eigenvalue weighted by molar-refractivity contribution is 7.92. The van der Waals surface area contributed by atoms with E-state index in [-0.39, 0.29) is 33.6 Å². The van der Waals surface area contributed by atoms with Crippen LogP contribution in [0.5, 0.6) is 0 Å². The maximum Gasteiger partial charge on any atom is 0.264 e. The molecule has 0 saturated carbocycles.